The summed E-state index contributed by atoms with van der Waals surface area (Å²) in [5.41, 5.74) is -2.84. The van der Waals surface area contributed by atoms with Crippen molar-refractivity contribution in [2.75, 3.05) is 25.6 Å². The average molecular weight is 383 g/mol. The van der Waals surface area contributed by atoms with Gasteiger partial charge in [-0.15, -0.1) is 0 Å². The van der Waals surface area contributed by atoms with E-state index in [1.807, 2.05) is 0 Å². The highest BCUT2D eigenvalue weighted by molar-refractivity contribution is 6.33. The third-order valence-corrected chi connectivity index (χ3v) is 5.08. The number of carbonyl (C=O) groups excluding carboxylic acids is 3. The lowest BCUT2D eigenvalue weighted by atomic mass is 9.87. The predicted molar refractivity (Wildman–Crippen MR) is 91.5 cm³/mol. The molecule has 1 saturated heterocycles. The maximum atomic E-state index is 12.6. The second-order valence-corrected chi connectivity index (χ2v) is 6.80. The molecule has 0 spiro atoms. The number of aliphatic hydroxyl groups is 1. The molecular weight excluding hydrogens is 364 g/mol. The van der Waals surface area contributed by atoms with E-state index in [-0.39, 0.29) is 36.6 Å². The van der Waals surface area contributed by atoms with Crippen LogP contribution >= 0.6 is 11.6 Å². The minimum Gasteiger partial charge on any atom is -0.467 e. The molecule has 1 aromatic rings. The van der Waals surface area contributed by atoms with Crippen LogP contribution in [-0.4, -0.2) is 48.8 Å². The maximum absolute atomic E-state index is 12.6. The number of carbonyl (C=O) groups is 3. The number of halogens is 1. The summed E-state index contributed by atoms with van der Waals surface area (Å²) in [6, 6.07) is 4.74. The zero-order valence-corrected chi connectivity index (χ0v) is 14.9. The fraction of sp³-hybridized carbons (Fsp3) is 0.471. The molecule has 1 fully saturated rings. The molecule has 8 nitrogen and oxygen atoms in total. The number of ether oxygens (including phenoxy) is 2. The molecule has 26 heavy (non-hydrogen) atoms. The van der Waals surface area contributed by atoms with Gasteiger partial charge in [-0.2, -0.15) is 0 Å². The fourth-order valence-electron chi connectivity index (χ4n) is 3.40. The van der Waals surface area contributed by atoms with Crippen LogP contribution in [0.2, 0.25) is 5.02 Å². The second-order valence-electron chi connectivity index (χ2n) is 6.39. The Kier molecular flexibility index (Phi) is 4.92. The molecule has 2 amide bonds. The molecule has 0 radical (unpaired) electrons. The Balaban J connectivity index is 1.84. The largest absolute Gasteiger partial charge is 0.467 e. The summed E-state index contributed by atoms with van der Waals surface area (Å²) in [5, 5.41) is 16.2. The van der Waals surface area contributed by atoms with E-state index >= 15 is 0 Å². The molecule has 3 N–H and O–H groups in total. The Labute approximate surface area is 154 Å². The molecular formula is C17H19ClN2O6. The van der Waals surface area contributed by atoms with Gasteiger partial charge in [-0.1, -0.05) is 17.7 Å². The van der Waals surface area contributed by atoms with Gasteiger partial charge in [0, 0.05) is 42.3 Å². The molecule has 1 unspecified atom stereocenters. The second kappa shape index (κ2) is 6.86. The predicted octanol–water partition coefficient (Wildman–Crippen LogP) is 0.708. The lowest BCUT2D eigenvalue weighted by Gasteiger charge is -2.35. The summed E-state index contributed by atoms with van der Waals surface area (Å²) >= 11 is 6.12. The van der Waals surface area contributed by atoms with Crippen LogP contribution in [0.15, 0.2) is 18.2 Å². The first kappa shape index (κ1) is 18.6. The molecule has 9 heteroatoms. The monoisotopic (exact) mass is 382 g/mol. The Morgan fingerprint density at radius 2 is 2.08 bits per heavy atom. The zero-order valence-electron chi connectivity index (χ0n) is 14.1. The third-order valence-electron chi connectivity index (χ3n) is 4.77. The highest BCUT2D eigenvalue weighted by Crippen LogP contribution is 2.42. The molecule has 2 aliphatic heterocycles. The molecule has 0 aliphatic carbocycles. The van der Waals surface area contributed by atoms with Gasteiger partial charge in [-0.25, -0.2) is 4.79 Å². The number of fused-ring (bicyclic) bond motifs is 1. The standard InChI is InChI=1S/C17H19ClN2O6/c1-25-15(23)16(5-7-26-8-6-16)20-12(21)9-17(24)13-10(18)3-2-4-11(13)19-14(17)22/h2-4,24H,5-9H2,1H3,(H,19,22)(H,20,21). The van der Waals surface area contributed by atoms with Crippen molar-refractivity contribution in [3.63, 3.8) is 0 Å². The lowest BCUT2D eigenvalue weighted by molar-refractivity contribution is -0.156. The van der Waals surface area contributed by atoms with Gasteiger partial charge in [-0.3, -0.25) is 9.59 Å². The molecule has 140 valence electrons. The van der Waals surface area contributed by atoms with Crippen molar-refractivity contribution in [2.45, 2.75) is 30.4 Å². The molecule has 0 saturated carbocycles. The lowest BCUT2D eigenvalue weighted by Crippen LogP contribution is -2.59. The van der Waals surface area contributed by atoms with Crippen LogP contribution in [-0.2, 0) is 29.5 Å². The van der Waals surface area contributed by atoms with E-state index in [9.17, 15) is 19.5 Å². The van der Waals surface area contributed by atoms with Gasteiger partial charge >= 0.3 is 5.97 Å². The van der Waals surface area contributed by atoms with Crippen molar-refractivity contribution in [3.05, 3.63) is 28.8 Å². The molecule has 3 rings (SSSR count). The van der Waals surface area contributed by atoms with Crippen molar-refractivity contribution in [1.29, 1.82) is 0 Å². The van der Waals surface area contributed by atoms with E-state index in [1.165, 1.54) is 13.2 Å². The number of nitrogens with one attached hydrogen (secondary N) is 2. The van der Waals surface area contributed by atoms with Gasteiger partial charge in [0.1, 0.15) is 5.54 Å². The van der Waals surface area contributed by atoms with Crippen molar-refractivity contribution in [2.24, 2.45) is 0 Å². The van der Waals surface area contributed by atoms with Gasteiger partial charge in [0.15, 0.2) is 5.60 Å². The van der Waals surface area contributed by atoms with Gasteiger partial charge in [0.2, 0.25) is 5.91 Å². The summed E-state index contributed by atoms with van der Waals surface area (Å²) in [5.74, 6) is -1.99. The Morgan fingerprint density at radius 3 is 2.73 bits per heavy atom. The normalized spacial score (nSPS) is 23.7. The first-order valence-corrected chi connectivity index (χ1v) is 8.50. The third kappa shape index (κ3) is 3.04. The highest BCUT2D eigenvalue weighted by Gasteiger charge is 2.50. The van der Waals surface area contributed by atoms with Gasteiger partial charge < -0.3 is 25.2 Å². The van der Waals surface area contributed by atoms with E-state index in [0.29, 0.717) is 5.69 Å². The van der Waals surface area contributed by atoms with Gasteiger partial charge in [0.25, 0.3) is 5.91 Å². The van der Waals surface area contributed by atoms with Crippen molar-refractivity contribution < 1.29 is 29.0 Å². The SMILES string of the molecule is COC(=O)C1(NC(=O)CC2(O)C(=O)Nc3cccc(Cl)c32)CCOCC1. The van der Waals surface area contributed by atoms with Crippen LogP contribution in [0, 0.1) is 0 Å². The summed E-state index contributed by atoms with van der Waals surface area (Å²) < 4.78 is 10.1. The smallest absolute Gasteiger partial charge is 0.331 e. The number of rotatable bonds is 4. The summed E-state index contributed by atoms with van der Waals surface area (Å²) in [4.78, 5) is 37.1. The van der Waals surface area contributed by atoms with Crippen LogP contribution < -0.4 is 10.6 Å². The number of hydrogen-bond donors (Lipinski definition) is 3. The Bertz CT molecular complexity index is 762. The molecule has 1 aromatic carbocycles. The first-order valence-electron chi connectivity index (χ1n) is 8.12. The van der Waals surface area contributed by atoms with Crippen LogP contribution in [0.1, 0.15) is 24.8 Å². The fourth-order valence-corrected chi connectivity index (χ4v) is 3.73. The van der Waals surface area contributed by atoms with Crippen LogP contribution in [0.4, 0.5) is 5.69 Å². The van der Waals surface area contributed by atoms with Crippen molar-refractivity contribution in [3.8, 4) is 0 Å². The first-order chi connectivity index (χ1) is 12.3. The maximum Gasteiger partial charge on any atom is 0.331 e. The number of anilines is 1. The quantitative estimate of drug-likeness (QED) is 0.661. The van der Waals surface area contributed by atoms with Crippen molar-refractivity contribution >= 4 is 35.1 Å². The number of methoxy groups -OCH3 is 1. The average Bonchev–Trinajstić information content (AvgIpc) is 2.86. The molecule has 2 aliphatic rings. The summed E-state index contributed by atoms with van der Waals surface area (Å²) in [6.07, 6.45) is -0.0874. The molecule has 2 heterocycles. The minimum absolute atomic E-state index is 0.154. The van der Waals surface area contributed by atoms with E-state index in [0.717, 1.165) is 0 Å². The summed E-state index contributed by atoms with van der Waals surface area (Å²) in [6.45, 7) is 0.573. The Hall–Kier alpha value is -2.16. The summed E-state index contributed by atoms with van der Waals surface area (Å²) in [7, 11) is 1.24. The van der Waals surface area contributed by atoms with Gasteiger partial charge in [0.05, 0.1) is 13.5 Å². The number of esters is 1. The molecule has 0 bridgehead atoms. The molecule has 0 aromatic heterocycles. The zero-order chi connectivity index (χ0) is 18.9. The number of hydrogen-bond acceptors (Lipinski definition) is 6. The van der Waals surface area contributed by atoms with Gasteiger partial charge in [-0.05, 0) is 12.1 Å². The van der Waals surface area contributed by atoms with Crippen LogP contribution in [0.5, 0.6) is 0 Å². The number of benzene rings is 1. The van der Waals surface area contributed by atoms with Crippen LogP contribution in [0.25, 0.3) is 0 Å². The van der Waals surface area contributed by atoms with Crippen molar-refractivity contribution in [1.82, 2.24) is 5.32 Å². The Morgan fingerprint density at radius 1 is 1.38 bits per heavy atom. The van der Waals surface area contributed by atoms with E-state index < -0.39 is 35.3 Å². The topological polar surface area (TPSA) is 114 Å². The number of amides is 2. The van der Waals surface area contributed by atoms with Crippen LogP contribution in [0.3, 0.4) is 0 Å². The minimum atomic E-state index is -2.11. The van der Waals surface area contributed by atoms with E-state index in [4.69, 9.17) is 21.1 Å². The van der Waals surface area contributed by atoms with E-state index in [2.05, 4.69) is 10.6 Å². The van der Waals surface area contributed by atoms with E-state index in [1.54, 1.807) is 12.1 Å². The highest BCUT2D eigenvalue weighted by atomic mass is 35.5. The molecule has 1 atom stereocenters.